The fourth-order valence-corrected chi connectivity index (χ4v) is 3.13. The minimum atomic E-state index is -4.69. The Bertz CT molecular complexity index is 849. The van der Waals surface area contributed by atoms with Crippen LogP contribution in [0.4, 0.5) is 18.0 Å². The second kappa shape index (κ2) is 8.02. The molecule has 1 fully saturated rings. The Balaban J connectivity index is 1.73. The number of hydroxylamine groups is 2. The van der Waals surface area contributed by atoms with Crippen molar-refractivity contribution in [1.29, 1.82) is 0 Å². The molecule has 7 nitrogen and oxygen atoms in total. The quantitative estimate of drug-likeness (QED) is 0.652. The Labute approximate surface area is 166 Å². The minimum absolute atomic E-state index is 0.121. The molecule has 1 aliphatic rings. The summed E-state index contributed by atoms with van der Waals surface area (Å²) in [6.07, 6.45) is -2.45. The van der Waals surface area contributed by atoms with E-state index in [-0.39, 0.29) is 17.9 Å². The topological polar surface area (TPSA) is 71.7 Å². The van der Waals surface area contributed by atoms with Crippen molar-refractivity contribution in [2.45, 2.75) is 44.9 Å². The molecule has 0 bridgehead atoms. The summed E-state index contributed by atoms with van der Waals surface area (Å²) in [4.78, 5) is 23.2. The van der Waals surface area contributed by atoms with Crippen LogP contribution in [0.5, 0.6) is 0 Å². The predicted octanol–water partition coefficient (Wildman–Crippen LogP) is 4.53. The third-order valence-corrected chi connectivity index (χ3v) is 5.27. The molecular weight excluding hydrogens is 389 g/mol. The number of rotatable bonds is 6. The first-order chi connectivity index (χ1) is 13.6. The number of carbonyl (C=O) groups is 1. The largest absolute Gasteiger partial charge is 0.471 e. The third-order valence-electron chi connectivity index (χ3n) is 5.27. The van der Waals surface area contributed by atoms with Crippen LogP contribution < -0.4 is 0 Å². The van der Waals surface area contributed by atoms with Crippen molar-refractivity contribution < 1.29 is 27.3 Å². The van der Waals surface area contributed by atoms with Gasteiger partial charge >= 0.3 is 18.1 Å². The van der Waals surface area contributed by atoms with Gasteiger partial charge < -0.3 is 9.42 Å². The second-order valence-corrected chi connectivity index (χ2v) is 7.20. The third kappa shape index (κ3) is 4.52. The molecule has 3 rings (SSSR count). The highest BCUT2D eigenvalue weighted by Crippen LogP contribution is 2.35. The van der Waals surface area contributed by atoms with Crippen molar-refractivity contribution in [2.75, 3.05) is 14.2 Å². The van der Waals surface area contributed by atoms with Gasteiger partial charge in [0.1, 0.15) is 0 Å². The summed E-state index contributed by atoms with van der Waals surface area (Å²) >= 11 is 0. The van der Waals surface area contributed by atoms with E-state index in [1.54, 1.807) is 36.2 Å². The molecule has 1 aromatic carbocycles. The number of aromatic nitrogens is 2. The molecule has 2 unspecified atom stereocenters. The molecule has 2 atom stereocenters. The number of amides is 2. The summed E-state index contributed by atoms with van der Waals surface area (Å²) in [5, 5.41) is 4.65. The van der Waals surface area contributed by atoms with E-state index in [0.29, 0.717) is 11.5 Å². The zero-order valence-electron chi connectivity index (χ0n) is 16.6. The van der Waals surface area contributed by atoms with Gasteiger partial charge in [0.25, 0.3) is 0 Å². The molecule has 1 saturated carbocycles. The van der Waals surface area contributed by atoms with Gasteiger partial charge in [-0.25, -0.2) is 4.79 Å². The summed E-state index contributed by atoms with van der Waals surface area (Å²) < 4.78 is 42.1. The number of benzene rings is 1. The van der Waals surface area contributed by atoms with Crippen molar-refractivity contribution in [3.63, 3.8) is 0 Å². The molecule has 0 saturated heterocycles. The Kier molecular flexibility index (Phi) is 5.83. The number of carbonyl (C=O) groups excluding carboxylic acids is 1. The zero-order valence-corrected chi connectivity index (χ0v) is 16.6. The molecule has 1 aliphatic carbocycles. The van der Waals surface area contributed by atoms with Crippen molar-refractivity contribution in [3.8, 4) is 11.4 Å². The van der Waals surface area contributed by atoms with Crippen molar-refractivity contribution in [3.05, 3.63) is 35.7 Å². The Morgan fingerprint density at radius 3 is 2.34 bits per heavy atom. The van der Waals surface area contributed by atoms with Gasteiger partial charge in [0.2, 0.25) is 5.82 Å². The van der Waals surface area contributed by atoms with E-state index in [0.717, 1.165) is 18.4 Å². The molecule has 1 aromatic heterocycles. The van der Waals surface area contributed by atoms with E-state index in [2.05, 4.69) is 14.7 Å². The van der Waals surface area contributed by atoms with E-state index in [1.165, 1.54) is 12.2 Å². The number of halogens is 3. The number of hydrogen-bond acceptors (Lipinski definition) is 5. The summed E-state index contributed by atoms with van der Waals surface area (Å²) in [6.45, 7) is 3.82. The lowest BCUT2D eigenvalue weighted by Gasteiger charge is -2.33. The van der Waals surface area contributed by atoms with Crippen LogP contribution in [0.2, 0.25) is 0 Å². The number of nitrogens with zero attached hydrogens (tertiary/aromatic N) is 4. The van der Waals surface area contributed by atoms with E-state index in [1.807, 2.05) is 13.8 Å². The van der Waals surface area contributed by atoms with Crippen LogP contribution in [0, 0.1) is 5.92 Å². The fourth-order valence-electron chi connectivity index (χ4n) is 3.13. The molecule has 29 heavy (non-hydrogen) atoms. The summed E-state index contributed by atoms with van der Waals surface area (Å²) in [6, 6.07) is 5.98. The fraction of sp³-hybridized carbons (Fsp3) is 0.526. The highest BCUT2D eigenvalue weighted by Gasteiger charge is 2.38. The number of hydrogen-bond donors (Lipinski definition) is 0. The lowest BCUT2D eigenvalue weighted by atomic mass is 10.1. The van der Waals surface area contributed by atoms with Gasteiger partial charge in [-0.15, -0.1) is 0 Å². The maximum atomic E-state index is 12.8. The van der Waals surface area contributed by atoms with E-state index in [4.69, 9.17) is 4.84 Å². The molecule has 2 aromatic rings. The predicted molar refractivity (Wildman–Crippen MR) is 97.3 cm³/mol. The first kappa shape index (κ1) is 21.1. The van der Waals surface area contributed by atoms with Gasteiger partial charge in [-0.05, 0) is 38.2 Å². The SMILES string of the molecule is CON(C(=O)N(C)C(C)C1CC1)C(C)c1ccc(-c2noc(C(F)(F)F)n2)cc1. The number of urea groups is 1. The maximum absolute atomic E-state index is 12.8. The standard InChI is InChI=1S/C19H23F3N4O3/c1-11(13-5-6-13)25(3)18(27)26(28-4)12(2)14-7-9-15(10-8-14)16-23-17(29-24-16)19(20,21)22/h7-13H,5-6H2,1-4H3. The van der Waals surface area contributed by atoms with Crippen molar-refractivity contribution in [2.24, 2.45) is 5.92 Å². The lowest BCUT2D eigenvalue weighted by molar-refractivity contribution is -0.159. The minimum Gasteiger partial charge on any atom is -0.329 e. The molecule has 0 spiro atoms. The summed E-state index contributed by atoms with van der Waals surface area (Å²) in [5.74, 6) is -1.03. The van der Waals surface area contributed by atoms with Gasteiger partial charge in [0, 0.05) is 18.7 Å². The van der Waals surface area contributed by atoms with Crippen LogP contribution in [-0.4, -0.2) is 46.3 Å². The van der Waals surface area contributed by atoms with Crippen LogP contribution in [0.15, 0.2) is 28.8 Å². The number of alkyl halides is 3. The van der Waals surface area contributed by atoms with E-state index in [9.17, 15) is 18.0 Å². The Morgan fingerprint density at radius 2 is 1.86 bits per heavy atom. The second-order valence-electron chi connectivity index (χ2n) is 7.20. The van der Waals surface area contributed by atoms with Crippen molar-refractivity contribution >= 4 is 6.03 Å². The highest BCUT2D eigenvalue weighted by atomic mass is 19.4. The average Bonchev–Trinajstić information content (AvgIpc) is 3.41. The Morgan fingerprint density at radius 1 is 1.24 bits per heavy atom. The van der Waals surface area contributed by atoms with Gasteiger partial charge in [-0.2, -0.15) is 23.2 Å². The Hall–Kier alpha value is -2.62. The molecule has 2 amide bonds. The average molecular weight is 412 g/mol. The first-order valence-electron chi connectivity index (χ1n) is 9.24. The summed E-state index contributed by atoms with van der Waals surface area (Å²) in [5.41, 5.74) is 1.12. The van der Waals surface area contributed by atoms with E-state index >= 15 is 0 Å². The smallest absolute Gasteiger partial charge is 0.329 e. The molecule has 0 radical (unpaired) electrons. The molecule has 158 valence electrons. The monoisotopic (exact) mass is 412 g/mol. The molecular formula is C19H23F3N4O3. The highest BCUT2D eigenvalue weighted by molar-refractivity contribution is 5.74. The summed E-state index contributed by atoms with van der Waals surface area (Å²) in [7, 11) is 3.18. The van der Waals surface area contributed by atoms with Gasteiger partial charge in [-0.1, -0.05) is 29.4 Å². The van der Waals surface area contributed by atoms with Gasteiger partial charge in [0.05, 0.1) is 13.2 Å². The van der Waals surface area contributed by atoms with Crippen LogP contribution in [0.1, 0.15) is 44.2 Å². The lowest BCUT2D eigenvalue weighted by Crippen LogP contribution is -2.46. The molecule has 0 aliphatic heterocycles. The van der Waals surface area contributed by atoms with Gasteiger partial charge in [0.15, 0.2) is 0 Å². The first-order valence-corrected chi connectivity index (χ1v) is 9.24. The molecule has 10 heteroatoms. The van der Waals surface area contributed by atoms with Crippen LogP contribution in [0.25, 0.3) is 11.4 Å². The van der Waals surface area contributed by atoms with Crippen LogP contribution in [-0.2, 0) is 11.0 Å². The maximum Gasteiger partial charge on any atom is 0.471 e. The zero-order chi connectivity index (χ0) is 21.3. The molecule has 0 N–H and O–H groups in total. The normalized spacial score (nSPS) is 16.4. The molecule has 1 heterocycles. The van der Waals surface area contributed by atoms with Gasteiger partial charge in [-0.3, -0.25) is 4.84 Å². The van der Waals surface area contributed by atoms with E-state index < -0.39 is 18.1 Å². The van der Waals surface area contributed by atoms with Crippen LogP contribution in [0.3, 0.4) is 0 Å². The van der Waals surface area contributed by atoms with Crippen molar-refractivity contribution in [1.82, 2.24) is 20.1 Å². The van der Waals surface area contributed by atoms with Crippen LogP contribution >= 0.6 is 0 Å².